The van der Waals surface area contributed by atoms with E-state index in [-0.39, 0.29) is 101 Å². The fourth-order valence-electron chi connectivity index (χ4n) is 17.9. The van der Waals surface area contributed by atoms with Crippen LogP contribution in [-0.4, -0.2) is 98.7 Å². The zero-order chi connectivity index (χ0) is 94.1. The number of benzene rings is 13. The largest absolute Gasteiger partial charge is 0.322 e. The fourth-order valence-corrected chi connectivity index (χ4v) is 22.4. The smallest absolute Gasteiger partial charge is 0.115 e. The number of aryl methyl sites for hydroxylation is 12. The Kier molecular flexibility index (Phi) is 34.4. The Hall–Kier alpha value is -11.7. The molecular formula is C111H93Ir5N20S5-5. The van der Waals surface area contributed by atoms with Crippen molar-refractivity contribution in [3.63, 3.8) is 0 Å². The van der Waals surface area contributed by atoms with Crippen LogP contribution in [0.4, 0.5) is 0 Å². The topological polar surface area (TPSA) is 218 Å². The summed E-state index contributed by atoms with van der Waals surface area (Å²) in [6.07, 6.45) is 8.95. The molecule has 0 aliphatic heterocycles. The first-order valence-corrected chi connectivity index (χ1v) is 48.8. The van der Waals surface area contributed by atoms with Gasteiger partial charge in [0.15, 0.2) is 0 Å². The summed E-state index contributed by atoms with van der Waals surface area (Å²) in [6.45, 7) is 33.9. The molecule has 0 bridgehead atoms. The molecule has 141 heavy (non-hydrogen) atoms. The van der Waals surface area contributed by atoms with Gasteiger partial charge in [0.1, 0.15) is 31.6 Å². The maximum absolute atomic E-state index is 4.66. The Labute approximate surface area is 906 Å². The van der Waals surface area contributed by atoms with Crippen molar-refractivity contribution in [1.29, 1.82) is 0 Å². The van der Waals surface area contributed by atoms with Crippen LogP contribution >= 0.6 is 56.7 Å². The molecule has 0 amide bonds. The Morgan fingerprint density at radius 3 is 0.780 bits per heavy atom. The van der Waals surface area contributed by atoms with Crippen molar-refractivity contribution >= 4 is 108 Å². The summed E-state index contributed by atoms with van der Waals surface area (Å²) in [5.41, 5.74) is 33.2. The number of thiazole rings is 5. The van der Waals surface area contributed by atoms with Gasteiger partial charge in [0, 0.05) is 134 Å². The van der Waals surface area contributed by atoms with Crippen LogP contribution < -0.4 is 0 Å². The monoisotopic (exact) mass is 2830 g/mol. The number of para-hydroxylation sites is 3. The standard InChI is InChI=1S/C28H19N4S.C24H19N4S.C22H23N4S.C19H17N4S.C18H15N4S.5Ir/c1-19-30-25-17-9-16-24(27(25)33-19)28-31-29-18-32(28)26-22(20-10-4-2-5-11-20)14-8-15-23(26)21-12-6-3-7-13-21;1-15-12-19(18-8-5-4-6-9-18)13-16(2)22(15)28-14-25-27-24(28)20-10-7-11-21-23(20)29-17(3)26-21;1-13(2)16-8-6-9-17(14(3)4)20(16)26-12-23-25-22(26)18-10-7-11-19-21(18)27-15(5)24-19;1-11-8-12(2)17(13(3)9-11)23-10-20-22-19(23)15-6-5-7-16-18(15)24-14(4)21-16;1-11-6-4-7-12(2)16(11)22-10-19-21-18(22)14-8-5-9-15-17(14)23-13(3)20-15;;;;;/h2-15,17-18H,1H3;4-9,11-14H,1-3H3;6-9,11-14H,1-5H3;5,7-10H,1-4H3;4-7,9-10H,1-3H3;;;;;/q5*-1;;;;;. The van der Waals surface area contributed by atoms with E-state index in [2.05, 4.69) is 352 Å². The number of rotatable bonds is 15. The van der Waals surface area contributed by atoms with Crippen LogP contribution in [0.5, 0.6) is 0 Å². The fraction of sp³-hybridized carbons (Fsp3) is 0.162. The molecule has 23 aromatic rings. The third-order valence-corrected chi connectivity index (χ3v) is 28.6. The Morgan fingerprint density at radius 1 is 0.241 bits per heavy atom. The molecule has 10 heterocycles. The van der Waals surface area contributed by atoms with Gasteiger partial charge in [-0.05, 0) is 225 Å². The van der Waals surface area contributed by atoms with Gasteiger partial charge in [-0.2, -0.15) is 82.2 Å². The van der Waals surface area contributed by atoms with Crippen molar-refractivity contribution in [1.82, 2.24) is 98.7 Å². The first-order valence-electron chi connectivity index (χ1n) is 44.7. The molecular weight excluding hydrogens is 2730 g/mol. The average molecular weight is 2830 g/mol. The summed E-state index contributed by atoms with van der Waals surface area (Å²) in [7, 11) is 0. The molecule has 0 atom stereocenters. The molecule has 0 saturated heterocycles. The molecule has 0 spiro atoms. The molecule has 10 aromatic heterocycles. The van der Waals surface area contributed by atoms with Crippen LogP contribution in [0.2, 0.25) is 0 Å². The molecule has 0 aliphatic rings. The summed E-state index contributed by atoms with van der Waals surface area (Å²) >= 11 is 8.34. The predicted octanol–water partition coefficient (Wildman–Crippen LogP) is 27.7. The average Bonchev–Trinajstić information content (AvgIpc) is 1.69. The minimum Gasteiger partial charge on any atom is -0.322 e. The van der Waals surface area contributed by atoms with Gasteiger partial charge in [-0.1, -0.05) is 219 Å². The van der Waals surface area contributed by atoms with E-state index in [4.69, 9.17) is 0 Å². The van der Waals surface area contributed by atoms with Gasteiger partial charge in [-0.15, -0.1) is 116 Å². The SMILES string of the molecule is Cc1cc(C)c(-n2cnnc2-c2[c-]ccc3nc(C)sc23)c(C)c1.Cc1nc2cc[c-]c(-c3nncn3-c3c(-c4ccccc4)cccc3-c3ccccc3)c2s1.Cc1nc2cc[c-]c(-c3nncn3-c3c(C(C)C)cccc3C(C)C)c2s1.Cc1nc2cc[c-]c(-c3nncn3-c3c(C)cc(-c4ccccc4)cc3C)c2s1.Cc1nc2cc[c-]c(-c3nncn3-c3c(C)cccc3C)c2s1.[Ir].[Ir].[Ir].[Ir].[Ir]. The minimum atomic E-state index is 0. The molecule has 717 valence electrons. The van der Waals surface area contributed by atoms with Crippen molar-refractivity contribution in [2.45, 2.75) is 123 Å². The zero-order valence-electron chi connectivity index (χ0n) is 79.6. The Morgan fingerprint density at radius 2 is 0.489 bits per heavy atom. The van der Waals surface area contributed by atoms with Gasteiger partial charge in [0.25, 0.3) is 0 Å². The van der Waals surface area contributed by atoms with Crippen LogP contribution in [0, 0.1) is 113 Å². The van der Waals surface area contributed by atoms with Gasteiger partial charge in [-0.3, -0.25) is 24.9 Å². The number of fused-ring (bicyclic) bond motifs is 5. The van der Waals surface area contributed by atoms with E-state index in [0.717, 1.165) is 178 Å². The number of nitrogens with zero attached hydrogens (tertiary/aromatic N) is 20. The first-order chi connectivity index (χ1) is 66.1. The van der Waals surface area contributed by atoms with Gasteiger partial charge in [0.05, 0.1) is 59.8 Å². The summed E-state index contributed by atoms with van der Waals surface area (Å²) in [6, 6.07) is 95.8. The second-order valence-corrected chi connectivity index (χ2v) is 40.0. The van der Waals surface area contributed by atoms with Crippen molar-refractivity contribution < 1.29 is 101 Å². The molecule has 13 aromatic carbocycles. The van der Waals surface area contributed by atoms with Crippen molar-refractivity contribution in [2.24, 2.45) is 0 Å². The van der Waals surface area contributed by atoms with Crippen LogP contribution in [0.25, 0.3) is 170 Å². The molecule has 23 rings (SSSR count). The van der Waals surface area contributed by atoms with Gasteiger partial charge < -0.3 is 22.8 Å². The molecule has 0 unspecified atom stereocenters. The van der Waals surface area contributed by atoms with Gasteiger partial charge >= 0.3 is 0 Å². The van der Waals surface area contributed by atoms with Crippen molar-refractivity contribution in [3.05, 3.63) is 368 Å². The van der Waals surface area contributed by atoms with E-state index in [1.807, 2.05) is 124 Å². The third kappa shape index (κ3) is 21.8. The van der Waals surface area contributed by atoms with E-state index >= 15 is 0 Å². The molecule has 20 nitrogen and oxygen atoms in total. The molecule has 0 saturated carbocycles. The Bertz CT molecular complexity index is 8180. The minimum absolute atomic E-state index is 0. The normalized spacial score (nSPS) is 11.0. The van der Waals surface area contributed by atoms with E-state index in [9.17, 15) is 0 Å². The molecule has 0 fully saturated rings. The van der Waals surface area contributed by atoms with Gasteiger partial charge in [-0.25, -0.2) is 0 Å². The summed E-state index contributed by atoms with van der Waals surface area (Å²) < 4.78 is 15.9. The van der Waals surface area contributed by atoms with Gasteiger partial charge in [0.2, 0.25) is 0 Å². The summed E-state index contributed by atoms with van der Waals surface area (Å²) in [5, 5.41) is 48.6. The maximum Gasteiger partial charge on any atom is 0.115 e. The summed E-state index contributed by atoms with van der Waals surface area (Å²) in [5.74, 6) is 4.77. The molecule has 0 N–H and O–H groups in total. The van der Waals surface area contributed by atoms with Crippen molar-refractivity contribution in [2.75, 3.05) is 0 Å². The molecule has 0 aliphatic carbocycles. The second-order valence-electron chi connectivity index (χ2n) is 34.0. The second kappa shape index (κ2) is 46.1. The molecule has 5 radical (unpaired) electrons. The molecule has 30 heteroatoms. The van der Waals surface area contributed by atoms with Crippen LogP contribution in [-0.2, 0) is 101 Å². The van der Waals surface area contributed by atoms with Crippen LogP contribution in [0.3, 0.4) is 0 Å². The zero-order valence-corrected chi connectivity index (χ0v) is 95.7. The van der Waals surface area contributed by atoms with E-state index in [1.165, 1.54) is 66.9 Å². The summed E-state index contributed by atoms with van der Waals surface area (Å²) in [4.78, 5) is 23.0. The van der Waals surface area contributed by atoms with Crippen LogP contribution in [0.1, 0.15) is 115 Å². The quantitative estimate of drug-likeness (QED) is 0.0872. The first kappa shape index (κ1) is 105. The number of aromatic nitrogens is 20. The third-order valence-electron chi connectivity index (χ3n) is 23.6. The van der Waals surface area contributed by atoms with Crippen LogP contribution in [0.15, 0.2) is 262 Å². The Balaban J connectivity index is 0.000000140. The van der Waals surface area contributed by atoms with Crippen molar-refractivity contribution in [3.8, 4) is 119 Å². The van der Waals surface area contributed by atoms with E-state index in [0.29, 0.717) is 11.8 Å². The number of hydrogen-bond donors (Lipinski definition) is 0. The van der Waals surface area contributed by atoms with E-state index < -0.39 is 0 Å². The maximum atomic E-state index is 4.66. The number of hydrogen-bond acceptors (Lipinski definition) is 20. The predicted molar refractivity (Wildman–Crippen MR) is 555 cm³/mol. The van der Waals surface area contributed by atoms with E-state index in [1.54, 1.807) is 82.0 Å².